The fourth-order valence-electron chi connectivity index (χ4n) is 3.41. The van der Waals surface area contributed by atoms with Gasteiger partial charge in [-0.1, -0.05) is 6.92 Å². The molecule has 0 bridgehead atoms. The minimum Gasteiger partial charge on any atom is -0.462 e. The SMILES string of the molecule is CNc1nc(N)nc2c1ncn2[C@@H]1OC(CO[PH](=O)N[C@H](C)C(=O)OC(C)C)[C@@H](O)[C@@H]1C. The topological polar surface area (TPSA) is 176 Å². The van der Waals surface area contributed by atoms with Crippen molar-refractivity contribution in [1.29, 1.82) is 0 Å². The maximum atomic E-state index is 12.2. The molecule has 6 atom stereocenters. The summed E-state index contributed by atoms with van der Waals surface area (Å²) in [5.41, 5.74) is 6.78. The van der Waals surface area contributed by atoms with E-state index < -0.39 is 38.6 Å². The Labute approximate surface area is 186 Å². The van der Waals surface area contributed by atoms with Gasteiger partial charge in [0.05, 0.1) is 25.1 Å². The smallest absolute Gasteiger partial charge is 0.323 e. The number of carbonyl (C=O) groups excluding carboxylic acids is 1. The van der Waals surface area contributed by atoms with Crippen molar-refractivity contribution in [2.75, 3.05) is 24.7 Å². The number of esters is 1. The summed E-state index contributed by atoms with van der Waals surface area (Å²) in [4.78, 5) is 24.5. The number of ether oxygens (including phenoxy) is 2. The molecule has 2 aromatic rings. The summed E-state index contributed by atoms with van der Waals surface area (Å²) in [6.45, 7) is 6.67. The maximum absolute atomic E-state index is 12.2. The molecule has 13 nitrogen and oxygen atoms in total. The van der Waals surface area contributed by atoms with Crippen LogP contribution in [-0.2, 0) is 23.4 Å². The molecule has 1 aliphatic rings. The fraction of sp³-hybridized carbons (Fsp3) is 0.667. The van der Waals surface area contributed by atoms with Crippen LogP contribution in [0.2, 0.25) is 0 Å². The van der Waals surface area contributed by atoms with Gasteiger partial charge >= 0.3 is 5.97 Å². The first-order valence-corrected chi connectivity index (χ1v) is 11.6. The lowest BCUT2D eigenvalue weighted by atomic mass is 10.0. The third kappa shape index (κ3) is 5.18. The molecule has 2 aromatic heterocycles. The predicted octanol–water partition coefficient (Wildman–Crippen LogP) is 0.681. The van der Waals surface area contributed by atoms with E-state index in [1.807, 2.05) is 6.92 Å². The van der Waals surface area contributed by atoms with Gasteiger partial charge in [0.1, 0.15) is 18.4 Å². The average molecular weight is 471 g/mol. The average Bonchev–Trinajstić information content (AvgIpc) is 3.26. The first-order chi connectivity index (χ1) is 15.1. The van der Waals surface area contributed by atoms with Crippen LogP contribution >= 0.6 is 8.18 Å². The van der Waals surface area contributed by atoms with E-state index in [9.17, 15) is 14.5 Å². The molecule has 0 amide bonds. The summed E-state index contributed by atoms with van der Waals surface area (Å²) in [6, 6.07) is -0.797. The minimum absolute atomic E-state index is 0.0736. The van der Waals surface area contributed by atoms with E-state index in [-0.39, 0.29) is 24.6 Å². The van der Waals surface area contributed by atoms with Gasteiger partial charge in [-0.25, -0.2) is 10.1 Å². The number of nitrogens with zero attached hydrogens (tertiary/aromatic N) is 4. The van der Waals surface area contributed by atoms with Crippen molar-refractivity contribution < 1.29 is 28.5 Å². The third-order valence-corrected chi connectivity index (χ3v) is 6.15. The highest BCUT2D eigenvalue weighted by Crippen LogP contribution is 2.37. The monoisotopic (exact) mass is 471 g/mol. The molecule has 0 radical (unpaired) electrons. The number of imidazole rings is 1. The van der Waals surface area contributed by atoms with Gasteiger partial charge < -0.3 is 30.2 Å². The number of anilines is 2. The molecule has 14 heteroatoms. The molecule has 0 saturated carbocycles. The number of rotatable bonds is 9. The Balaban J connectivity index is 1.65. The first kappa shape index (κ1) is 24.3. The van der Waals surface area contributed by atoms with Gasteiger partial charge in [0.2, 0.25) is 5.95 Å². The first-order valence-electron chi connectivity index (χ1n) is 10.3. The lowest BCUT2D eigenvalue weighted by Crippen LogP contribution is -2.33. The van der Waals surface area contributed by atoms with E-state index in [1.54, 1.807) is 31.8 Å². The highest BCUT2D eigenvalue weighted by molar-refractivity contribution is 7.36. The van der Waals surface area contributed by atoms with E-state index >= 15 is 0 Å². The Bertz CT molecular complexity index is 986. The van der Waals surface area contributed by atoms with E-state index in [4.69, 9.17) is 19.7 Å². The second kappa shape index (κ2) is 10.1. The number of fused-ring (bicyclic) bond motifs is 1. The van der Waals surface area contributed by atoms with Crippen molar-refractivity contribution in [3.8, 4) is 0 Å². The number of nitrogens with two attached hydrogens (primary N) is 1. The van der Waals surface area contributed by atoms with Crippen molar-refractivity contribution in [3.05, 3.63) is 6.33 Å². The lowest BCUT2D eigenvalue weighted by molar-refractivity contribution is -0.149. The van der Waals surface area contributed by atoms with E-state index in [0.29, 0.717) is 17.0 Å². The maximum Gasteiger partial charge on any atom is 0.323 e. The summed E-state index contributed by atoms with van der Waals surface area (Å²) in [5.74, 6) is -0.316. The quantitative estimate of drug-likeness (QED) is 0.298. The van der Waals surface area contributed by atoms with E-state index in [0.717, 1.165) is 0 Å². The highest BCUT2D eigenvalue weighted by atomic mass is 31.1. The molecule has 5 N–H and O–H groups in total. The van der Waals surface area contributed by atoms with Gasteiger partial charge in [0.15, 0.2) is 17.0 Å². The number of carbonyl (C=O) groups is 1. The number of hydrogen-bond acceptors (Lipinski definition) is 11. The van der Waals surface area contributed by atoms with Crippen molar-refractivity contribution in [3.63, 3.8) is 0 Å². The summed E-state index contributed by atoms with van der Waals surface area (Å²) in [6.07, 6.45) is -0.969. The fourth-order valence-corrected chi connectivity index (χ4v) is 4.28. The van der Waals surface area contributed by atoms with Crippen LogP contribution in [0.1, 0.15) is 33.9 Å². The van der Waals surface area contributed by atoms with Crippen LogP contribution < -0.4 is 16.1 Å². The van der Waals surface area contributed by atoms with E-state index in [2.05, 4.69) is 25.4 Å². The van der Waals surface area contributed by atoms with Gasteiger partial charge in [0, 0.05) is 13.0 Å². The Morgan fingerprint density at radius 2 is 2.12 bits per heavy atom. The van der Waals surface area contributed by atoms with Gasteiger partial charge in [0.25, 0.3) is 8.18 Å². The molecule has 32 heavy (non-hydrogen) atoms. The van der Waals surface area contributed by atoms with Crippen LogP contribution in [0.25, 0.3) is 11.2 Å². The van der Waals surface area contributed by atoms with Crippen molar-refractivity contribution in [1.82, 2.24) is 24.6 Å². The van der Waals surface area contributed by atoms with Gasteiger partial charge in [-0.05, 0) is 20.8 Å². The molecule has 2 unspecified atom stereocenters. The van der Waals surface area contributed by atoms with Crippen LogP contribution in [-0.4, -0.2) is 68.6 Å². The molecule has 178 valence electrons. The summed E-state index contributed by atoms with van der Waals surface area (Å²) in [7, 11) is -1.07. The number of nitrogens with one attached hydrogen (secondary N) is 2. The molecule has 1 fully saturated rings. The largest absolute Gasteiger partial charge is 0.462 e. The van der Waals surface area contributed by atoms with Crippen molar-refractivity contribution >= 4 is 37.1 Å². The van der Waals surface area contributed by atoms with E-state index in [1.165, 1.54) is 6.92 Å². The third-order valence-electron chi connectivity index (χ3n) is 5.05. The normalized spacial score (nSPS) is 25.2. The number of aromatic nitrogens is 4. The number of nitrogen functional groups attached to an aromatic ring is 1. The lowest BCUT2D eigenvalue weighted by Gasteiger charge is -2.18. The summed E-state index contributed by atoms with van der Waals surface area (Å²) >= 11 is 0. The minimum atomic E-state index is -2.77. The molecule has 1 aliphatic heterocycles. The molecule has 3 rings (SSSR count). The van der Waals surface area contributed by atoms with Gasteiger partial charge in [-0.2, -0.15) is 9.97 Å². The number of aliphatic hydroxyl groups is 1. The zero-order chi connectivity index (χ0) is 23.6. The molecule has 0 aromatic carbocycles. The highest BCUT2D eigenvalue weighted by Gasteiger charge is 2.43. The Morgan fingerprint density at radius 1 is 1.41 bits per heavy atom. The van der Waals surface area contributed by atoms with Crippen LogP contribution in [0.3, 0.4) is 0 Å². The van der Waals surface area contributed by atoms with Crippen LogP contribution in [0.15, 0.2) is 6.33 Å². The van der Waals surface area contributed by atoms with Crippen molar-refractivity contribution in [2.24, 2.45) is 5.92 Å². The zero-order valence-electron chi connectivity index (χ0n) is 18.6. The van der Waals surface area contributed by atoms with Gasteiger partial charge in [-0.3, -0.25) is 13.9 Å². The standard InChI is InChI=1S/C18H30N7O6P/c1-8(2)30-17(27)10(4)24-32(28)29-6-11-13(26)9(3)16(31-11)25-7-21-12-14(20-5)22-18(19)23-15(12)25/h7-11,13,16,26,32H,6H2,1-5H3,(H,24,28)(H3,19,20,22,23)/t9-,10+,11?,13-,16+/m0/s1. The van der Waals surface area contributed by atoms with Crippen LogP contribution in [0.4, 0.5) is 11.8 Å². The Kier molecular flexibility index (Phi) is 7.67. The molecule has 1 saturated heterocycles. The Morgan fingerprint density at radius 3 is 2.78 bits per heavy atom. The molecular weight excluding hydrogens is 441 g/mol. The molecule has 0 spiro atoms. The predicted molar refractivity (Wildman–Crippen MR) is 117 cm³/mol. The molecular formula is C18H30N7O6P. The summed E-state index contributed by atoms with van der Waals surface area (Å²) < 4.78 is 30.3. The second-order valence-electron chi connectivity index (χ2n) is 7.87. The summed E-state index contributed by atoms with van der Waals surface area (Å²) in [5, 5.41) is 16.1. The van der Waals surface area contributed by atoms with Crippen LogP contribution in [0, 0.1) is 5.92 Å². The number of aliphatic hydroxyl groups excluding tert-OH is 1. The molecule has 0 aliphatic carbocycles. The molecule has 3 heterocycles. The van der Waals surface area contributed by atoms with Crippen LogP contribution in [0.5, 0.6) is 0 Å². The Hall–Kier alpha value is -2.31. The van der Waals surface area contributed by atoms with Crippen molar-refractivity contribution in [2.45, 2.75) is 58.3 Å². The number of hydrogen-bond donors (Lipinski definition) is 4. The second-order valence-corrected chi connectivity index (χ2v) is 9.02. The zero-order valence-corrected chi connectivity index (χ0v) is 19.6. The van der Waals surface area contributed by atoms with Gasteiger partial charge in [-0.15, -0.1) is 0 Å².